The Balaban J connectivity index is 2.63. The van der Waals surface area contributed by atoms with E-state index in [4.69, 9.17) is 23.2 Å². The van der Waals surface area contributed by atoms with Crippen molar-refractivity contribution in [3.05, 3.63) is 45.7 Å². The molecule has 0 aliphatic carbocycles. The van der Waals surface area contributed by atoms with Crippen LogP contribution in [0.2, 0.25) is 10.0 Å². The number of nitrogens with zero attached hydrogens (tertiary/aromatic N) is 2. The van der Waals surface area contributed by atoms with E-state index in [0.29, 0.717) is 22.0 Å². The first-order chi connectivity index (χ1) is 9.08. The number of esters is 1. The largest absolute Gasteiger partial charge is 0.465 e. The first-order valence-electron chi connectivity index (χ1n) is 5.15. The van der Waals surface area contributed by atoms with Crippen LogP contribution in [0.3, 0.4) is 0 Å². The Hall–Kier alpha value is -1.85. The summed E-state index contributed by atoms with van der Waals surface area (Å²) in [4.78, 5) is 22.7. The molecule has 5 nitrogen and oxygen atoms in total. The Morgan fingerprint density at radius 3 is 2.79 bits per heavy atom. The van der Waals surface area contributed by atoms with Crippen molar-refractivity contribution in [3.63, 3.8) is 0 Å². The fourth-order valence-electron chi connectivity index (χ4n) is 1.58. The highest BCUT2D eigenvalue weighted by Crippen LogP contribution is 2.25. The lowest BCUT2D eigenvalue weighted by molar-refractivity contribution is 0.0598. The molecular weight excluding hydrogens is 291 g/mol. The van der Waals surface area contributed by atoms with Gasteiger partial charge in [0.05, 0.1) is 24.0 Å². The van der Waals surface area contributed by atoms with E-state index in [-0.39, 0.29) is 11.3 Å². The van der Waals surface area contributed by atoms with Crippen LogP contribution in [0.25, 0.3) is 5.69 Å². The van der Waals surface area contributed by atoms with Crippen molar-refractivity contribution in [1.82, 2.24) is 9.78 Å². The molecule has 1 aromatic carbocycles. The molecule has 2 aromatic rings. The van der Waals surface area contributed by atoms with Gasteiger partial charge < -0.3 is 4.74 Å². The monoisotopic (exact) mass is 298 g/mol. The van der Waals surface area contributed by atoms with Crippen molar-refractivity contribution in [2.45, 2.75) is 0 Å². The molecule has 0 saturated heterocycles. The molecule has 98 valence electrons. The molecule has 0 amide bonds. The van der Waals surface area contributed by atoms with Gasteiger partial charge in [0.15, 0.2) is 6.29 Å². The van der Waals surface area contributed by atoms with Gasteiger partial charge >= 0.3 is 5.97 Å². The molecular formula is C12H8Cl2N2O3. The Bertz CT molecular complexity index is 652. The maximum atomic E-state index is 11.5. The molecule has 1 heterocycles. The SMILES string of the molecule is COC(=O)c1cnn(-c2cc(Cl)ccc2Cl)c1C=O. The Morgan fingerprint density at radius 1 is 1.42 bits per heavy atom. The van der Waals surface area contributed by atoms with Crippen LogP contribution in [0, 0.1) is 0 Å². The van der Waals surface area contributed by atoms with Crippen LogP contribution >= 0.6 is 23.2 Å². The molecule has 0 saturated carbocycles. The van der Waals surface area contributed by atoms with E-state index in [1.54, 1.807) is 18.2 Å². The van der Waals surface area contributed by atoms with E-state index in [9.17, 15) is 9.59 Å². The number of aldehydes is 1. The quantitative estimate of drug-likeness (QED) is 0.646. The summed E-state index contributed by atoms with van der Waals surface area (Å²) in [5.41, 5.74) is 0.524. The van der Waals surface area contributed by atoms with Crippen LogP contribution in [-0.4, -0.2) is 29.1 Å². The second-order valence-corrected chi connectivity index (χ2v) is 4.40. The topological polar surface area (TPSA) is 61.2 Å². The third-order valence-electron chi connectivity index (χ3n) is 2.46. The zero-order valence-electron chi connectivity index (χ0n) is 9.76. The first kappa shape index (κ1) is 13.6. The van der Waals surface area contributed by atoms with Crippen LogP contribution < -0.4 is 0 Å². The highest BCUT2D eigenvalue weighted by molar-refractivity contribution is 6.34. The minimum atomic E-state index is -0.647. The summed E-state index contributed by atoms with van der Waals surface area (Å²) in [5, 5.41) is 4.76. The van der Waals surface area contributed by atoms with Gasteiger partial charge in [-0.2, -0.15) is 5.10 Å². The van der Waals surface area contributed by atoms with Crippen molar-refractivity contribution in [1.29, 1.82) is 0 Å². The molecule has 0 radical (unpaired) electrons. The van der Waals surface area contributed by atoms with E-state index >= 15 is 0 Å². The standard InChI is InChI=1S/C12H8Cl2N2O3/c1-19-12(18)8-5-15-16(11(8)6-17)10-4-7(13)2-3-9(10)14/h2-6H,1H3. The number of hydrogen-bond donors (Lipinski definition) is 0. The van der Waals surface area contributed by atoms with Gasteiger partial charge in [0.25, 0.3) is 0 Å². The van der Waals surface area contributed by atoms with Crippen molar-refractivity contribution in [2.24, 2.45) is 0 Å². The number of ether oxygens (including phenoxy) is 1. The highest BCUT2D eigenvalue weighted by atomic mass is 35.5. The van der Waals surface area contributed by atoms with E-state index in [1.165, 1.54) is 18.0 Å². The molecule has 1 aromatic heterocycles. The summed E-state index contributed by atoms with van der Waals surface area (Å²) >= 11 is 11.9. The Morgan fingerprint density at radius 2 is 2.16 bits per heavy atom. The van der Waals surface area contributed by atoms with Gasteiger partial charge in [-0.1, -0.05) is 23.2 Å². The summed E-state index contributed by atoms with van der Waals surface area (Å²) < 4.78 is 5.82. The van der Waals surface area contributed by atoms with Gasteiger partial charge in [-0.05, 0) is 18.2 Å². The molecule has 19 heavy (non-hydrogen) atoms. The number of halogens is 2. The van der Waals surface area contributed by atoms with E-state index in [0.717, 1.165) is 0 Å². The van der Waals surface area contributed by atoms with Gasteiger partial charge in [0.1, 0.15) is 11.3 Å². The lowest BCUT2D eigenvalue weighted by atomic mass is 10.2. The van der Waals surface area contributed by atoms with Crippen LogP contribution in [0.1, 0.15) is 20.8 Å². The predicted octanol–water partition coefficient (Wildman–Crippen LogP) is 2.78. The maximum absolute atomic E-state index is 11.5. The number of carbonyl (C=O) groups excluding carboxylic acids is 2. The van der Waals surface area contributed by atoms with E-state index in [1.807, 2.05) is 0 Å². The first-order valence-corrected chi connectivity index (χ1v) is 5.91. The minimum Gasteiger partial charge on any atom is -0.465 e. The van der Waals surface area contributed by atoms with Gasteiger partial charge in [0, 0.05) is 5.02 Å². The lowest BCUT2D eigenvalue weighted by Crippen LogP contribution is -2.07. The summed E-state index contributed by atoms with van der Waals surface area (Å²) in [6.07, 6.45) is 1.75. The van der Waals surface area contributed by atoms with Crippen molar-refractivity contribution in [3.8, 4) is 5.69 Å². The molecule has 0 bridgehead atoms. The summed E-state index contributed by atoms with van der Waals surface area (Å²) in [5.74, 6) is -0.647. The normalized spacial score (nSPS) is 10.3. The Kier molecular flexibility index (Phi) is 3.87. The zero-order valence-corrected chi connectivity index (χ0v) is 11.3. The number of aromatic nitrogens is 2. The predicted molar refractivity (Wildman–Crippen MR) is 70.3 cm³/mol. The summed E-state index contributed by atoms with van der Waals surface area (Å²) in [6.45, 7) is 0. The highest BCUT2D eigenvalue weighted by Gasteiger charge is 2.19. The Labute approximate surface area is 118 Å². The number of hydrogen-bond acceptors (Lipinski definition) is 4. The molecule has 7 heteroatoms. The molecule has 0 N–H and O–H groups in total. The second-order valence-electron chi connectivity index (χ2n) is 3.56. The van der Waals surface area contributed by atoms with Gasteiger partial charge in [0.2, 0.25) is 0 Å². The second kappa shape index (κ2) is 5.42. The molecule has 0 spiro atoms. The molecule has 0 unspecified atom stereocenters. The van der Waals surface area contributed by atoms with Crippen LogP contribution in [0.15, 0.2) is 24.4 Å². The zero-order chi connectivity index (χ0) is 14.0. The third kappa shape index (κ3) is 2.47. The van der Waals surface area contributed by atoms with Crippen LogP contribution in [0.5, 0.6) is 0 Å². The van der Waals surface area contributed by atoms with Gasteiger partial charge in [-0.15, -0.1) is 0 Å². The van der Waals surface area contributed by atoms with Crippen molar-refractivity contribution in [2.75, 3.05) is 7.11 Å². The van der Waals surface area contributed by atoms with Crippen LogP contribution in [-0.2, 0) is 4.74 Å². The molecule has 0 aliphatic rings. The fourth-order valence-corrected chi connectivity index (χ4v) is 1.94. The van der Waals surface area contributed by atoms with Gasteiger partial charge in [-0.25, -0.2) is 9.48 Å². The third-order valence-corrected chi connectivity index (χ3v) is 3.01. The van der Waals surface area contributed by atoms with E-state index in [2.05, 4.69) is 9.84 Å². The molecule has 0 aliphatic heterocycles. The molecule has 0 atom stereocenters. The molecule has 2 rings (SSSR count). The average Bonchev–Trinajstić information content (AvgIpc) is 2.84. The smallest absolute Gasteiger partial charge is 0.341 e. The maximum Gasteiger partial charge on any atom is 0.341 e. The van der Waals surface area contributed by atoms with Gasteiger partial charge in [-0.3, -0.25) is 4.79 Å². The van der Waals surface area contributed by atoms with E-state index < -0.39 is 5.97 Å². The van der Waals surface area contributed by atoms with Crippen LogP contribution in [0.4, 0.5) is 0 Å². The number of rotatable bonds is 3. The van der Waals surface area contributed by atoms with Crippen molar-refractivity contribution < 1.29 is 14.3 Å². The minimum absolute atomic E-state index is 0.0519. The molecule has 0 fully saturated rings. The number of methoxy groups -OCH3 is 1. The number of carbonyl (C=O) groups is 2. The number of benzene rings is 1. The van der Waals surface area contributed by atoms with Crippen molar-refractivity contribution >= 4 is 35.5 Å². The lowest BCUT2D eigenvalue weighted by Gasteiger charge is -2.07. The summed E-state index contributed by atoms with van der Waals surface area (Å²) in [6, 6.07) is 4.73. The summed E-state index contributed by atoms with van der Waals surface area (Å²) in [7, 11) is 1.22. The fraction of sp³-hybridized carbons (Fsp3) is 0.0833. The average molecular weight is 299 g/mol.